The maximum absolute atomic E-state index is 10.3. The second kappa shape index (κ2) is 6.49. The van der Waals surface area contributed by atoms with Gasteiger partial charge in [-0.3, -0.25) is 4.79 Å². The predicted octanol–water partition coefficient (Wildman–Crippen LogP) is 1.83. The smallest absolute Gasteiger partial charge is 0.307 e. The highest BCUT2D eigenvalue weighted by Crippen LogP contribution is 2.02. The Labute approximate surface area is 76.1 Å². The van der Waals surface area contributed by atoms with Crippen molar-refractivity contribution in [1.29, 1.82) is 0 Å². The van der Waals surface area contributed by atoms with Gasteiger partial charge in [-0.1, -0.05) is 18.7 Å². The van der Waals surface area contributed by atoms with Crippen LogP contribution in [0.4, 0.5) is 0 Å². The van der Waals surface area contributed by atoms with Crippen LogP contribution in [0.15, 0.2) is 36.6 Å². The van der Waals surface area contributed by atoms with Crippen molar-refractivity contribution in [3.05, 3.63) is 36.6 Å². The first kappa shape index (κ1) is 10.8. The minimum absolute atomic E-state index is 0.0406. The number of aliphatic carboxylic acids is 1. The maximum atomic E-state index is 10.3. The van der Waals surface area contributed by atoms with Crippen molar-refractivity contribution in [2.75, 3.05) is 0 Å². The molecule has 0 aromatic rings. The van der Waals surface area contributed by atoms with E-state index in [1.165, 1.54) is 12.3 Å². The maximum Gasteiger partial charge on any atom is 0.307 e. The summed E-state index contributed by atoms with van der Waals surface area (Å²) in [7, 11) is 0. The molecule has 0 aliphatic rings. The summed E-state index contributed by atoms with van der Waals surface area (Å²) in [5.74, 6) is -0.887. The number of hydrogen-bond donors (Lipinski definition) is 2. The Kier molecular flexibility index (Phi) is 5.83. The first-order chi connectivity index (χ1) is 5.70. The van der Waals surface area contributed by atoms with Gasteiger partial charge in [0.25, 0.3) is 0 Å². The standard InChI is InChI=1S/C8H10ClNO2/c1-2-3-7(4-5-10-9)6-8(11)12/h2-5,10H,1,6H2,(H,11,12)/b5-4-,7-3+. The highest BCUT2D eigenvalue weighted by Gasteiger charge is 1.98. The molecule has 0 bridgehead atoms. The molecule has 0 aliphatic heterocycles. The molecule has 0 radical (unpaired) electrons. The van der Waals surface area contributed by atoms with E-state index < -0.39 is 5.97 Å². The van der Waals surface area contributed by atoms with Crippen LogP contribution < -0.4 is 4.84 Å². The van der Waals surface area contributed by atoms with E-state index in [1.807, 2.05) is 0 Å². The number of allylic oxidation sites excluding steroid dienone is 3. The molecule has 0 atom stereocenters. The molecule has 0 aromatic heterocycles. The Hall–Kier alpha value is -1.22. The lowest BCUT2D eigenvalue weighted by Crippen LogP contribution is -1.96. The SMILES string of the molecule is C=C/C=C(\C=C/NCl)CC(=O)O. The molecule has 2 N–H and O–H groups in total. The Balaban J connectivity index is 4.23. The van der Waals surface area contributed by atoms with E-state index in [1.54, 1.807) is 12.2 Å². The van der Waals surface area contributed by atoms with E-state index in [9.17, 15) is 4.79 Å². The molecule has 0 aliphatic carbocycles. The lowest BCUT2D eigenvalue weighted by molar-refractivity contribution is -0.136. The summed E-state index contributed by atoms with van der Waals surface area (Å²) >= 11 is 5.15. The van der Waals surface area contributed by atoms with Crippen molar-refractivity contribution in [1.82, 2.24) is 4.84 Å². The van der Waals surface area contributed by atoms with Gasteiger partial charge in [0.1, 0.15) is 0 Å². The van der Waals surface area contributed by atoms with E-state index in [0.717, 1.165) is 0 Å². The number of hydrogen-bond acceptors (Lipinski definition) is 2. The number of rotatable bonds is 5. The first-order valence-corrected chi connectivity index (χ1v) is 3.64. The van der Waals surface area contributed by atoms with Crippen LogP contribution >= 0.6 is 11.8 Å². The average molecular weight is 188 g/mol. The fraction of sp³-hybridized carbons (Fsp3) is 0.125. The molecule has 0 aromatic carbocycles. The summed E-state index contributed by atoms with van der Waals surface area (Å²) in [5.41, 5.74) is 0.630. The minimum Gasteiger partial charge on any atom is -0.481 e. The third-order valence-corrected chi connectivity index (χ3v) is 1.17. The van der Waals surface area contributed by atoms with E-state index >= 15 is 0 Å². The van der Waals surface area contributed by atoms with Crippen LogP contribution in [0.3, 0.4) is 0 Å². The van der Waals surface area contributed by atoms with Crippen LogP contribution in [-0.4, -0.2) is 11.1 Å². The molecule has 12 heavy (non-hydrogen) atoms. The van der Waals surface area contributed by atoms with Gasteiger partial charge in [0.15, 0.2) is 0 Å². The third kappa shape index (κ3) is 5.56. The first-order valence-electron chi connectivity index (χ1n) is 3.26. The number of carboxylic acid groups (broad SMARTS) is 1. The Morgan fingerprint density at radius 1 is 1.67 bits per heavy atom. The largest absolute Gasteiger partial charge is 0.481 e. The normalized spacial score (nSPS) is 11.6. The van der Waals surface area contributed by atoms with Crippen LogP contribution in [0.25, 0.3) is 0 Å². The highest BCUT2D eigenvalue weighted by molar-refractivity contribution is 6.14. The summed E-state index contributed by atoms with van der Waals surface area (Å²) in [6.45, 7) is 3.46. The van der Waals surface area contributed by atoms with E-state index in [0.29, 0.717) is 5.57 Å². The van der Waals surface area contributed by atoms with Crippen molar-refractivity contribution in [2.24, 2.45) is 0 Å². The van der Waals surface area contributed by atoms with Crippen LogP contribution in [0, 0.1) is 0 Å². The number of halogens is 1. The fourth-order valence-electron chi connectivity index (χ4n) is 0.638. The third-order valence-electron chi connectivity index (χ3n) is 1.05. The van der Waals surface area contributed by atoms with Gasteiger partial charge in [0.05, 0.1) is 6.42 Å². The van der Waals surface area contributed by atoms with Crippen molar-refractivity contribution in [3.8, 4) is 0 Å². The van der Waals surface area contributed by atoms with E-state index in [2.05, 4.69) is 11.4 Å². The molecule has 66 valence electrons. The highest BCUT2D eigenvalue weighted by atomic mass is 35.5. The lowest BCUT2D eigenvalue weighted by Gasteiger charge is -1.94. The van der Waals surface area contributed by atoms with Crippen LogP contribution in [0.2, 0.25) is 0 Å². The van der Waals surface area contributed by atoms with Gasteiger partial charge in [-0.15, -0.1) is 0 Å². The Bertz CT molecular complexity index is 221. The van der Waals surface area contributed by atoms with Gasteiger partial charge < -0.3 is 9.94 Å². The zero-order valence-corrected chi connectivity index (χ0v) is 7.21. The predicted molar refractivity (Wildman–Crippen MR) is 48.7 cm³/mol. The van der Waals surface area contributed by atoms with Crippen LogP contribution in [0.5, 0.6) is 0 Å². The summed E-state index contributed by atoms with van der Waals surface area (Å²) in [5, 5.41) is 8.45. The van der Waals surface area contributed by atoms with Crippen molar-refractivity contribution >= 4 is 17.7 Å². The van der Waals surface area contributed by atoms with Gasteiger partial charge in [-0.25, -0.2) is 0 Å². The molecule has 0 saturated carbocycles. The molecule has 3 nitrogen and oxygen atoms in total. The summed E-state index contributed by atoms with van der Waals surface area (Å²) in [6, 6.07) is 0. The number of carboxylic acids is 1. The monoisotopic (exact) mass is 187 g/mol. The molecule has 4 heteroatoms. The minimum atomic E-state index is -0.887. The van der Waals surface area contributed by atoms with Crippen molar-refractivity contribution < 1.29 is 9.90 Å². The van der Waals surface area contributed by atoms with Gasteiger partial charge in [-0.05, 0) is 11.6 Å². The lowest BCUT2D eigenvalue weighted by atomic mass is 10.2. The Morgan fingerprint density at radius 2 is 2.33 bits per heavy atom. The van der Waals surface area contributed by atoms with Gasteiger partial charge in [0.2, 0.25) is 0 Å². The van der Waals surface area contributed by atoms with Crippen molar-refractivity contribution in [2.45, 2.75) is 6.42 Å². The molecule has 0 unspecified atom stereocenters. The second-order valence-electron chi connectivity index (χ2n) is 1.99. The molecule has 0 saturated heterocycles. The molecule has 0 amide bonds. The summed E-state index contributed by atoms with van der Waals surface area (Å²) in [6.07, 6.45) is 6.11. The summed E-state index contributed by atoms with van der Waals surface area (Å²) < 4.78 is 0. The van der Waals surface area contributed by atoms with Gasteiger partial charge in [0, 0.05) is 18.0 Å². The summed E-state index contributed by atoms with van der Waals surface area (Å²) in [4.78, 5) is 12.5. The van der Waals surface area contributed by atoms with Crippen molar-refractivity contribution in [3.63, 3.8) is 0 Å². The quantitative estimate of drug-likeness (QED) is 0.510. The Morgan fingerprint density at radius 3 is 2.75 bits per heavy atom. The number of carbonyl (C=O) groups is 1. The van der Waals surface area contributed by atoms with Crippen LogP contribution in [0.1, 0.15) is 6.42 Å². The fourth-order valence-corrected chi connectivity index (χ4v) is 0.701. The van der Waals surface area contributed by atoms with Gasteiger partial charge >= 0.3 is 5.97 Å². The molecule has 0 heterocycles. The average Bonchev–Trinajstić information content (AvgIpc) is 2.00. The van der Waals surface area contributed by atoms with Crippen LogP contribution in [-0.2, 0) is 4.79 Å². The molecular formula is C8H10ClNO2. The van der Waals surface area contributed by atoms with E-state index in [4.69, 9.17) is 16.9 Å². The molecule has 0 fully saturated rings. The molecular weight excluding hydrogens is 178 g/mol. The zero-order chi connectivity index (χ0) is 9.40. The zero-order valence-electron chi connectivity index (χ0n) is 6.46. The number of nitrogens with one attached hydrogen (secondary N) is 1. The molecule has 0 spiro atoms. The molecule has 0 rings (SSSR count). The van der Waals surface area contributed by atoms with E-state index in [-0.39, 0.29) is 6.42 Å². The topological polar surface area (TPSA) is 49.3 Å². The second-order valence-corrected chi connectivity index (χ2v) is 2.21. The van der Waals surface area contributed by atoms with Gasteiger partial charge in [-0.2, -0.15) is 0 Å².